The van der Waals surface area contributed by atoms with Gasteiger partial charge >= 0.3 is 5.97 Å². The van der Waals surface area contributed by atoms with Crippen LogP contribution in [-0.2, 0) is 4.79 Å². The number of allylic oxidation sites excluding steroid dienone is 4. The van der Waals surface area contributed by atoms with Crippen molar-refractivity contribution < 1.29 is 9.90 Å². The van der Waals surface area contributed by atoms with Crippen LogP contribution in [0.2, 0.25) is 0 Å². The maximum Gasteiger partial charge on any atom is 0.336 e. The summed E-state index contributed by atoms with van der Waals surface area (Å²) in [6.07, 6.45) is 6.56. The molecule has 1 rings (SSSR count). The molecule has 0 saturated heterocycles. The number of carboxylic acids is 1. The lowest BCUT2D eigenvalue weighted by Crippen LogP contribution is -2.13. The molecule has 4 heteroatoms. The molecule has 0 bridgehead atoms. The third-order valence-electron chi connectivity index (χ3n) is 2.04. The standard InChI is InChI=1S/C11H14N2O2/c1-7(12)6-9(11(14)15)8-4-2-3-5-10(8)13/h4-6H,1-3,12-13H2,(H,14,15)/b9-6+. The summed E-state index contributed by atoms with van der Waals surface area (Å²) in [7, 11) is 0. The minimum atomic E-state index is -1.05. The lowest BCUT2D eigenvalue weighted by Gasteiger charge is -2.13. The van der Waals surface area contributed by atoms with Crippen LogP contribution in [0, 0.1) is 0 Å². The van der Waals surface area contributed by atoms with Crippen molar-refractivity contribution in [3.8, 4) is 0 Å². The molecule has 0 aromatic rings. The molecule has 0 aromatic carbocycles. The first-order valence-corrected chi connectivity index (χ1v) is 4.58. The highest BCUT2D eigenvalue weighted by Crippen LogP contribution is 2.22. The van der Waals surface area contributed by atoms with E-state index in [4.69, 9.17) is 16.6 Å². The van der Waals surface area contributed by atoms with E-state index in [2.05, 4.69) is 6.58 Å². The number of hydrogen-bond donors (Lipinski definition) is 3. The molecule has 0 aliphatic heterocycles. The number of aliphatic carboxylic acids is 1. The van der Waals surface area contributed by atoms with Gasteiger partial charge < -0.3 is 16.6 Å². The van der Waals surface area contributed by atoms with Crippen molar-refractivity contribution >= 4 is 5.97 Å². The van der Waals surface area contributed by atoms with Crippen LogP contribution in [-0.4, -0.2) is 11.1 Å². The molecule has 1 aliphatic rings. The molecule has 0 unspecified atom stereocenters. The highest BCUT2D eigenvalue weighted by atomic mass is 16.4. The molecule has 0 heterocycles. The van der Waals surface area contributed by atoms with Gasteiger partial charge in [-0.15, -0.1) is 0 Å². The normalized spacial score (nSPS) is 16.7. The average molecular weight is 206 g/mol. The summed E-state index contributed by atoms with van der Waals surface area (Å²) in [5.41, 5.74) is 12.4. The summed E-state index contributed by atoms with van der Waals surface area (Å²) in [6, 6.07) is 0. The summed E-state index contributed by atoms with van der Waals surface area (Å²) in [6.45, 7) is 3.45. The fourth-order valence-corrected chi connectivity index (χ4v) is 1.40. The molecule has 1 aliphatic carbocycles. The molecule has 0 aromatic heterocycles. The second kappa shape index (κ2) is 4.50. The summed E-state index contributed by atoms with van der Waals surface area (Å²) in [5.74, 6) is -1.05. The number of hydrogen-bond acceptors (Lipinski definition) is 3. The van der Waals surface area contributed by atoms with Crippen molar-refractivity contribution in [3.05, 3.63) is 47.3 Å². The molecular weight excluding hydrogens is 192 g/mol. The Kier molecular flexibility index (Phi) is 3.33. The van der Waals surface area contributed by atoms with Crippen molar-refractivity contribution in [2.45, 2.75) is 12.8 Å². The largest absolute Gasteiger partial charge is 0.478 e. The number of rotatable bonds is 3. The predicted molar refractivity (Wildman–Crippen MR) is 58.6 cm³/mol. The highest BCUT2D eigenvalue weighted by molar-refractivity contribution is 5.94. The molecule has 0 radical (unpaired) electrons. The van der Waals surface area contributed by atoms with E-state index >= 15 is 0 Å². The van der Waals surface area contributed by atoms with Crippen molar-refractivity contribution in [1.29, 1.82) is 0 Å². The van der Waals surface area contributed by atoms with E-state index in [1.165, 1.54) is 6.08 Å². The Morgan fingerprint density at radius 1 is 1.47 bits per heavy atom. The van der Waals surface area contributed by atoms with Crippen molar-refractivity contribution in [2.24, 2.45) is 11.5 Å². The first-order chi connectivity index (χ1) is 7.02. The van der Waals surface area contributed by atoms with Crippen LogP contribution in [0.15, 0.2) is 47.3 Å². The van der Waals surface area contributed by atoms with Crippen LogP contribution in [0.4, 0.5) is 0 Å². The number of nitrogens with two attached hydrogens (primary N) is 2. The van der Waals surface area contributed by atoms with E-state index in [0.29, 0.717) is 11.3 Å². The average Bonchev–Trinajstić information content (AvgIpc) is 2.15. The van der Waals surface area contributed by atoms with E-state index in [0.717, 1.165) is 12.8 Å². The summed E-state index contributed by atoms with van der Waals surface area (Å²) >= 11 is 0. The third-order valence-corrected chi connectivity index (χ3v) is 2.04. The zero-order chi connectivity index (χ0) is 11.4. The maximum absolute atomic E-state index is 11.0. The Bertz CT molecular complexity index is 389. The molecule has 0 atom stereocenters. The van der Waals surface area contributed by atoms with E-state index in [9.17, 15) is 4.79 Å². The minimum Gasteiger partial charge on any atom is -0.478 e. The second-order valence-electron chi connectivity index (χ2n) is 3.29. The van der Waals surface area contributed by atoms with Gasteiger partial charge in [0, 0.05) is 17.0 Å². The van der Waals surface area contributed by atoms with Gasteiger partial charge in [-0.1, -0.05) is 18.7 Å². The zero-order valence-electron chi connectivity index (χ0n) is 8.36. The molecule has 80 valence electrons. The summed E-state index contributed by atoms with van der Waals surface area (Å²) < 4.78 is 0. The fourth-order valence-electron chi connectivity index (χ4n) is 1.40. The zero-order valence-corrected chi connectivity index (χ0v) is 8.36. The molecule has 0 fully saturated rings. The van der Waals surface area contributed by atoms with Crippen LogP contribution in [0.1, 0.15) is 12.8 Å². The first-order valence-electron chi connectivity index (χ1n) is 4.58. The molecule has 0 amide bonds. The van der Waals surface area contributed by atoms with Gasteiger partial charge in [0.05, 0.1) is 5.57 Å². The maximum atomic E-state index is 11.0. The Hall–Kier alpha value is -1.97. The molecule has 5 N–H and O–H groups in total. The van der Waals surface area contributed by atoms with E-state index in [-0.39, 0.29) is 11.3 Å². The third kappa shape index (κ3) is 2.74. The second-order valence-corrected chi connectivity index (χ2v) is 3.29. The van der Waals surface area contributed by atoms with Gasteiger partial charge in [0.1, 0.15) is 0 Å². The Balaban J connectivity index is 3.11. The number of carboxylic acid groups (broad SMARTS) is 1. The monoisotopic (exact) mass is 206 g/mol. The molecule has 0 spiro atoms. The van der Waals surface area contributed by atoms with E-state index in [1.54, 1.807) is 6.08 Å². The van der Waals surface area contributed by atoms with E-state index < -0.39 is 5.97 Å². The van der Waals surface area contributed by atoms with Crippen LogP contribution in [0.25, 0.3) is 0 Å². The van der Waals surface area contributed by atoms with Crippen LogP contribution in [0.5, 0.6) is 0 Å². The topological polar surface area (TPSA) is 89.3 Å². The summed E-state index contributed by atoms with van der Waals surface area (Å²) in [4.78, 5) is 11.0. The quantitative estimate of drug-likeness (QED) is 0.475. The molecule has 0 saturated carbocycles. The molecule has 15 heavy (non-hydrogen) atoms. The van der Waals surface area contributed by atoms with Crippen LogP contribution < -0.4 is 11.5 Å². The van der Waals surface area contributed by atoms with Gasteiger partial charge in [-0.2, -0.15) is 0 Å². The van der Waals surface area contributed by atoms with Gasteiger partial charge in [-0.25, -0.2) is 4.79 Å². The van der Waals surface area contributed by atoms with E-state index in [1.807, 2.05) is 6.08 Å². The number of carbonyl (C=O) groups is 1. The van der Waals surface area contributed by atoms with Gasteiger partial charge in [0.2, 0.25) is 0 Å². The Morgan fingerprint density at radius 2 is 2.07 bits per heavy atom. The lowest BCUT2D eigenvalue weighted by atomic mass is 9.96. The van der Waals surface area contributed by atoms with Crippen molar-refractivity contribution in [2.75, 3.05) is 0 Å². The SMILES string of the molecule is C=C(N)/C=C(/C(=O)O)C1=CCCC=C1N. The minimum absolute atomic E-state index is 0.0935. The first kappa shape index (κ1) is 11.1. The Labute approximate surface area is 88.3 Å². The van der Waals surface area contributed by atoms with Gasteiger partial charge in [0.25, 0.3) is 0 Å². The predicted octanol–water partition coefficient (Wildman–Crippen LogP) is 1.03. The molecule has 4 nitrogen and oxygen atoms in total. The van der Waals surface area contributed by atoms with Crippen molar-refractivity contribution in [1.82, 2.24) is 0 Å². The van der Waals surface area contributed by atoms with Gasteiger partial charge in [-0.05, 0) is 18.9 Å². The van der Waals surface area contributed by atoms with Crippen LogP contribution >= 0.6 is 0 Å². The van der Waals surface area contributed by atoms with Gasteiger partial charge in [0.15, 0.2) is 0 Å². The van der Waals surface area contributed by atoms with Gasteiger partial charge in [-0.3, -0.25) is 0 Å². The summed E-state index contributed by atoms with van der Waals surface area (Å²) in [5, 5.41) is 9.00. The van der Waals surface area contributed by atoms with Crippen LogP contribution in [0.3, 0.4) is 0 Å². The van der Waals surface area contributed by atoms with Crippen molar-refractivity contribution in [3.63, 3.8) is 0 Å². The Morgan fingerprint density at radius 3 is 2.53 bits per heavy atom. The highest BCUT2D eigenvalue weighted by Gasteiger charge is 2.16. The smallest absolute Gasteiger partial charge is 0.336 e. The fraction of sp³-hybridized carbons (Fsp3) is 0.182. The lowest BCUT2D eigenvalue weighted by molar-refractivity contribution is -0.132. The molecular formula is C11H14N2O2.